The van der Waals surface area contributed by atoms with Crippen LogP contribution < -0.4 is 15.4 Å². The van der Waals surface area contributed by atoms with Gasteiger partial charge in [-0.15, -0.1) is 0 Å². The third kappa shape index (κ3) is 3.54. The molecule has 0 spiro atoms. The van der Waals surface area contributed by atoms with E-state index in [9.17, 15) is 18.0 Å². The van der Waals surface area contributed by atoms with Gasteiger partial charge in [0.05, 0.1) is 16.8 Å². The van der Waals surface area contributed by atoms with Crippen molar-refractivity contribution in [3.8, 4) is 11.6 Å². The van der Waals surface area contributed by atoms with E-state index in [2.05, 4.69) is 30.8 Å². The lowest BCUT2D eigenvalue weighted by molar-refractivity contribution is -0.141. The highest BCUT2D eigenvalue weighted by atomic mass is 19.4. The van der Waals surface area contributed by atoms with Crippen LogP contribution in [0.25, 0.3) is 10.9 Å². The predicted octanol–water partition coefficient (Wildman–Crippen LogP) is 4.21. The van der Waals surface area contributed by atoms with Gasteiger partial charge in [0.25, 0.3) is 0 Å². The molecule has 4 heterocycles. The molecule has 164 valence electrons. The molecule has 5 rings (SSSR count). The first-order valence-corrected chi connectivity index (χ1v) is 9.59. The van der Waals surface area contributed by atoms with Crippen LogP contribution in [0, 0.1) is 0 Å². The third-order valence-electron chi connectivity index (χ3n) is 5.14. The molecular formula is C20H16F3N7O2. The van der Waals surface area contributed by atoms with E-state index in [-0.39, 0.29) is 11.9 Å². The van der Waals surface area contributed by atoms with E-state index in [0.717, 1.165) is 17.3 Å². The quantitative estimate of drug-likeness (QED) is 0.438. The Morgan fingerprint density at radius 1 is 1.25 bits per heavy atom. The number of aromatic amines is 1. The lowest BCUT2D eigenvalue weighted by Gasteiger charge is -2.11. The van der Waals surface area contributed by atoms with E-state index in [1.165, 1.54) is 17.1 Å². The molecule has 9 nitrogen and oxygen atoms in total. The Balaban J connectivity index is 1.37. The number of alkyl halides is 3. The summed E-state index contributed by atoms with van der Waals surface area (Å²) in [5.74, 6) is 0.826. The molecule has 3 aromatic heterocycles. The van der Waals surface area contributed by atoms with Gasteiger partial charge >= 0.3 is 12.2 Å². The minimum Gasteiger partial charge on any atom is -0.439 e. The van der Waals surface area contributed by atoms with Gasteiger partial charge in [0.15, 0.2) is 5.69 Å². The van der Waals surface area contributed by atoms with Crippen LogP contribution in [0.15, 0.2) is 42.9 Å². The SMILES string of the molecule is CC1NCc2ncnc(Oc3ccc4c(ccn4C(=O)Nc4cc(C(F)(F)F)n[nH]4)c3)c21. The van der Waals surface area contributed by atoms with Gasteiger partial charge in [-0.3, -0.25) is 15.0 Å². The highest BCUT2D eigenvalue weighted by Crippen LogP contribution is 2.34. The molecular weight excluding hydrogens is 427 g/mol. The van der Waals surface area contributed by atoms with Gasteiger partial charge in [-0.1, -0.05) is 0 Å². The summed E-state index contributed by atoms with van der Waals surface area (Å²) in [6.45, 7) is 2.65. The average Bonchev–Trinajstić information content (AvgIpc) is 3.46. The number of halogens is 3. The van der Waals surface area contributed by atoms with Crippen molar-refractivity contribution in [1.29, 1.82) is 0 Å². The fraction of sp³-hybridized carbons (Fsp3) is 0.200. The fourth-order valence-electron chi connectivity index (χ4n) is 3.60. The number of anilines is 1. The third-order valence-corrected chi connectivity index (χ3v) is 5.14. The van der Waals surface area contributed by atoms with Crippen LogP contribution in [0.2, 0.25) is 0 Å². The number of carbonyl (C=O) groups excluding carboxylic acids is 1. The smallest absolute Gasteiger partial charge is 0.435 e. The number of carbonyl (C=O) groups is 1. The summed E-state index contributed by atoms with van der Waals surface area (Å²) in [5, 5.41) is 11.7. The molecule has 0 radical (unpaired) electrons. The summed E-state index contributed by atoms with van der Waals surface area (Å²) in [6, 6.07) is 6.97. The van der Waals surface area contributed by atoms with E-state index in [1.807, 2.05) is 6.92 Å². The molecule has 0 bridgehead atoms. The molecule has 1 aromatic carbocycles. The van der Waals surface area contributed by atoms with Crippen molar-refractivity contribution < 1.29 is 22.7 Å². The van der Waals surface area contributed by atoms with Crippen molar-refractivity contribution in [3.05, 3.63) is 59.8 Å². The Morgan fingerprint density at radius 2 is 2.09 bits per heavy atom. The van der Waals surface area contributed by atoms with E-state index in [1.54, 1.807) is 24.3 Å². The van der Waals surface area contributed by atoms with Crippen LogP contribution in [0.1, 0.15) is 29.9 Å². The van der Waals surface area contributed by atoms with Crippen molar-refractivity contribution in [2.45, 2.75) is 25.7 Å². The molecule has 1 amide bonds. The second-order valence-electron chi connectivity index (χ2n) is 7.24. The van der Waals surface area contributed by atoms with Crippen molar-refractivity contribution in [2.75, 3.05) is 5.32 Å². The van der Waals surface area contributed by atoms with Crippen molar-refractivity contribution in [3.63, 3.8) is 0 Å². The average molecular weight is 443 g/mol. The Labute approximate surface area is 178 Å². The summed E-state index contributed by atoms with van der Waals surface area (Å²) in [7, 11) is 0. The Hall–Kier alpha value is -3.93. The molecule has 12 heteroatoms. The number of nitrogens with one attached hydrogen (secondary N) is 3. The highest BCUT2D eigenvalue weighted by molar-refractivity contribution is 5.98. The molecule has 0 aliphatic carbocycles. The van der Waals surface area contributed by atoms with Crippen LogP contribution in [-0.2, 0) is 12.7 Å². The van der Waals surface area contributed by atoms with E-state index >= 15 is 0 Å². The summed E-state index contributed by atoms with van der Waals surface area (Å²) >= 11 is 0. The number of benzene rings is 1. The molecule has 0 fully saturated rings. The number of fused-ring (bicyclic) bond motifs is 2. The largest absolute Gasteiger partial charge is 0.439 e. The van der Waals surface area contributed by atoms with Gasteiger partial charge in [-0.25, -0.2) is 14.8 Å². The standard InChI is InChI=1S/C20H16F3N7O2/c1-10-17-13(8-24-10)25-9-26-18(17)32-12-2-3-14-11(6-12)4-5-30(14)19(31)27-16-7-15(28-29-16)20(21,22)23/h2-7,9-10,24H,8H2,1H3,(H2,27,28,29,31). The minimum absolute atomic E-state index is 0.0649. The number of amides is 1. The fourth-order valence-corrected chi connectivity index (χ4v) is 3.60. The first-order chi connectivity index (χ1) is 15.3. The van der Waals surface area contributed by atoms with Crippen LogP contribution >= 0.6 is 0 Å². The van der Waals surface area contributed by atoms with Crippen molar-refractivity contribution in [1.82, 2.24) is 30.0 Å². The number of hydrogen-bond acceptors (Lipinski definition) is 6. The van der Waals surface area contributed by atoms with Crippen LogP contribution in [0.4, 0.5) is 23.8 Å². The maximum atomic E-state index is 12.7. The zero-order chi connectivity index (χ0) is 22.5. The van der Waals surface area contributed by atoms with Crippen LogP contribution in [0.3, 0.4) is 0 Å². The number of H-pyrrole nitrogens is 1. The van der Waals surface area contributed by atoms with E-state index in [4.69, 9.17) is 4.74 Å². The zero-order valence-corrected chi connectivity index (χ0v) is 16.6. The lowest BCUT2D eigenvalue weighted by atomic mass is 10.1. The Bertz CT molecular complexity index is 1330. The number of nitrogens with zero attached hydrogens (tertiary/aromatic N) is 4. The normalized spacial score (nSPS) is 15.7. The summed E-state index contributed by atoms with van der Waals surface area (Å²) in [6.07, 6.45) is -1.64. The van der Waals surface area contributed by atoms with Crippen LogP contribution in [0.5, 0.6) is 11.6 Å². The van der Waals surface area contributed by atoms with E-state index < -0.39 is 17.9 Å². The zero-order valence-electron chi connectivity index (χ0n) is 16.6. The topological polar surface area (TPSA) is 110 Å². The number of aromatic nitrogens is 5. The van der Waals surface area contributed by atoms with Gasteiger partial charge in [0.1, 0.15) is 17.9 Å². The molecule has 3 N–H and O–H groups in total. The Kier molecular flexibility index (Phi) is 4.59. The number of ether oxygens (including phenoxy) is 1. The lowest BCUT2D eigenvalue weighted by Crippen LogP contribution is -2.18. The maximum Gasteiger partial charge on any atom is 0.435 e. The molecule has 0 saturated heterocycles. The van der Waals surface area contributed by atoms with Crippen molar-refractivity contribution in [2.24, 2.45) is 0 Å². The summed E-state index contributed by atoms with van der Waals surface area (Å²) in [4.78, 5) is 21.1. The molecule has 32 heavy (non-hydrogen) atoms. The van der Waals surface area contributed by atoms with Crippen LogP contribution in [-0.4, -0.2) is 30.8 Å². The molecule has 1 aliphatic rings. The van der Waals surface area contributed by atoms with Crippen molar-refractivity contribution >= 4 is 22.8 Å². The number of hydrogen-bond donors (Lipinski definition) is 3. The van der Waals surface area contributed by atoms with Gasteiger partial charge in [0.2, 0.25) is 5.88 Å². The first-order valence-electron chi connectivity index (χ1n) is 9.59. The van der Waals surface area contributed by atoms with Gasteiger partial charge in [-0.2, -0.15) is 18.3 Å². The van der Waals surface area contributed by atoms with Gasteiger partial charge in [-0.05, 0) is 31.2 Å². The van der Waals surface area contributed by atoms with E-state index in [0.29, 0.717) is 29.1 Å². The Morgan fingerprint density at radius 3 is 2.88 bits per heavy atom. The minimum atomic E-state index is -4.60. The predicted molar refractivity (Wildman–Crippen MR) is 107 cm³/mol. The molecule has 1 aliphatic heterocycles. The summed E-state index contributed by atoms with van der Waals surface area (Å²) < 4.78 is 45.3. The summed E-state index contributed by atoms with van der Waals surface area (Å²) in [5.41, 5.74) is 1.22. The maximum absolute atomic E-state index is 12.7. The molecule has 1 atom stereocenters. The molecule has 1 unspecified atom stereocenters. The second-order valence-corrected chi connectivity index (χ2v) is 7.24. The first kappa shape index (κ1) is 20.0. The van der Waals surface area contributed by atoms with Gasteiger partial charge < -0.3 is 10.1 Å². The number of rotatable bonds is 3. The molecule has 4 aromatic rings. The van der Waals surface area contributed by atoms with Gasteiger partial charge in [0, 0.05) is 30.2 Å². The highest BCUT2D eigenvalue weighted by Gasteiger charge is 2.34. The second kappa shape index (κ2) is 7.34. The monoisotopic (exact) mass is 443 g/mol. The molecule has 0 saturated carbocycles.